The Hall–Kier alpha value is -1.15. The van der Waals surface area contributed by atoms with Crippen LogP contribution in [0.2, 0.25) is 0 Å². The van der Waals surface area contributed by atoms with E-state index in [0.29, 0.717) is 12.1 Å². The lowest BCUT2D eigenvalue weighted by Gasteiger charge is -2.23. The van der Waals surface area contributed by atoms with Gasteiger partial charge in [0.15, 0.2) is 0 Å². The first-order valence-electron chi connectivity index (χ1n) is 6.58. The van der Waals surface area contributed by atoms with Crippen LogP contribution in [0.15, 0.2) is 29.2 Å². The first kappa shape index (κ1) is 17.9. The van der Waals surface area contributed by atoms with Crippen molar-refractivity contribution in [2.24, 2.45) is 0 Å². The van der Waals surface area contributed by atoms with Crippen molar-refractivity contribution in [3.8, 4) is 0 Å². The standard InChI is InChI=1S/C13H19N3O3S.ClH/c1-14-13(17)10-4-6-12(7-5-10)20(18,19)16-11-3-2-8-15-9-11;/h4-7,11,15-16H,2-3,8-9H2,1H3,(H,14,17);1H/t11-;/m1./s1. The minimum atomic E-state index is -3.53. The van der Waals surface area contributed by atoms with Crippen molar-refractivity contribution in [1.82, 2.24) is 15.4 Å². The number of halogens is 1. The second-order valence-electron chi connectivity index (χ2n) is 4.77. The second kappa shape index (κ2) is 7.74. The van der Waals surface area contributed by atoms with Crippen LogP contribution in [0.3, 0.4) is 0 Å². The molecule has 0 saturated carbocycles. The third kappa shape index (κ3) is 4.67. The summed E-state index contributed by atoms with van der Waals surface area (Å²) in [5.74, 6) is -0.238. The maximum absolute atomic E-state index is 12.2. The highest BCUT2D eigenvalue weighted by Crippen LogP contribution is 2.13. The van der Waals surface area contributed by atoms with Gasteiger partial charge >= 0.3 is 0 Å². The van der Waals surface area contributed by atoms with Crippen LogP contribution in [0.4, 0.5) is 0 Å². The van der Waals surface area contributed by atoms with Gasteiger partial charge in [-0.2, -0.15) is 0 Å². The summed E-state index contributed by atoms with van der Waals surface area (Å²) in [6.07, 6.45) is 1.80. The van der Waals surface area contributed by atoms with Gasteiger partial charge in [0.1, 0.15) is 0 Å². The van der Waals surface area contributed by atoms with Crippen LogP contribution < -0.4 is 15.4 Å². The van der Waals surface area contributed by atoms with Crippen molar-refractivity contribution in [1.29, 1.82) is 0 Å². The van der Waals surface area contributed by atoms with E-state index < -0.39 is 10.0 Å². The molecule has 1 aliphatic heterocycles. The maximum atomic E-state index is 12.2. The van der Waals surface area contributed by atoms with E-state index in [1.807, 2.05) is 0 Å². The number of carbonyl (C=O) groups is 1. The monoisotopic (exact) mass is 333 g/mol. The minimum Gasteiger partial charge on any atom is -0.355 e. The molecule has 1 aliphatic rings. The Labute approximate surface area is 131 Å². The number of piperidine rings is 1. The van der Waals surface area contributed by atoms with Crippen molar-refractivity contribution in [2.75, 3.05) is 20.1 Å². The van der Waals surface area contributed by atoms with Crippen molar-refractivity contribution in [3.05, 3.63) is 29.8 Å². The molecule has 118 valence electrons. The van der Waals surface area contributed by atoms with Gasteiger partial charge in [-0.25, -0.2) is 13.1 Å². The van der Waals surface area contributed by atoms with Gasteiger partial charge in [-0.3, -0.25) is 4.79 Å². The number of hydrogen-bond donors (Lipinski definition) is 3. The summed E-state index contributed by atoms with van der Waals surface area (Å²) in [5.41, 5.74) is 0.436. The number of sulfonamides is 1. The van der Waals surface area contributed by atoms with E-state index in [4.69, 9.17) is 0 Å². The number of rotatable bonds is 4. The van der Waals surface area contributed by atoms with E-state index in [2.05, 4.69) is 15.4 Å². The fourth-order valence-electron chi connectivity index (χ4n) is 2.17. The highest BCUT2D eigenvalue weighted by Gasteiger charge is 2.21. The molecule has 2 rings (SSSR count). The summed E-state index contributed by atoms with van der Waals surface area (Å²) in [7, 11) is -2.00. The lowest BCUT2D eigenvalue weighted by molar-refractivity contribution is 0.0963. The van der Waals surface area contributed by atoms with Crippen molar-refractivity contribution < 1.29 is 13.2 Å². The fraction of sp³-hybridized carbons (Fsp3) is 0.462. The van der Waals surface area contributed by atoms with Gasteiger partial charge < -0.3 is 10.6 Å². The van der Waals surface area contributed by atoms with Crippen LogP contribution in [0, 0.1) is 0 Å². The molecule has 0 bridgehead atoms. The normalized spacial score (nSPS) is 18.6. The van der Waals surface area contributed by atoms with Crippen molar-refractivity contribution in [2.45, 2.75) is 23.8 Å². The van der Waals surface area contributed by atoms with Crippen molar-refractivity contribution in [3.63, 3.8) is 0 Å². The molecule has 1 aromatic rings. The highest BCUT2D eigenvalue weighted by molar-refractivity contribution is 7.89. The largest absolute Gasteiger partial charge is 0.355 e. The number of benzene rings is 1. The topological polar surface area (TPSA) is 87.3 Å². The van der Waals surface area contributed by atoms with E-state index in [1.54, 1.807) is 0 Å². The predicted molar refractivity (Wildman–Crippen MR) is 83.3 cm³/mol. The Balaban J connectivity index is 0.00000220. The number of nitrogens with one attached hydrogen (secondary N) is 3. The third-order valence-electron chi connectivity index (χ3n) is 3.27. The van der Waals surface area contributed by atoms with E-state index in [-0.39, 0.29) is 29.3 Å². The van der Waals surface area contributed by atoms with Crippen molar-refractivity contribution >= 4 is 28.3 Å². The zero-order valence-electron chi connectivity index (χ0n) is 11.8. The lowest BCUT2D eigenvalue weighted by Crippen LogP contribution is -2.45. The molecule has 8 heteroatoms. The zero-order chi connectivity index (χ0) is 14.6. The van der Waals surface area contributed by atoms with Crippen LogP contribution in [0.5, 0.6) is 0 Å². The number of carbonyl (C=O) groups excluding carboxylic acids is 1. The maximum Gasteiger partial charge on any atom is 0.251 e. The summed E-state index contributed by atoms with van der Waals surface area (Å²) >= 11 is 0. The molecule has 6 nitrogen and oxygen atoms in total. The minimum absolute atomic E-state index is 0. The van der Waals surface area contributed by atoms with Crippen LogP contribution in [0.1, 0.15) is 23.2 Å². The van der Waals surface area contributed by atoms with E-state index in [0.717, 1.165) is 19.4 Å². The average molecular weight is 334 g/mol. The third-order valence-corrected chi connectivity index (χ3v) is 4.81. The molecule has 1 saturated heterocycles. The quantitative estimate of drug-likeness (QED) is 0.748. The number of amides is 1. The average Bonchev–Trinajstić information content (AvgIpc) is 2.47. The van der Waals surface area contributed by atoms with Crippen LogP contribution in [-0.2, 0) is 10.0 Å². The van der Waals surface area contributed by atoms with Crippen LogP contribution >= 0.6 is 12.4 Å². The molecule has 0 unspecified atom stereocenters. The zero-order valence-corrected chi connectivity index (χ0v) is 13.4. The van der Waals surface area contributed by atoms with Crippen LogP contribution in [0.25, 0.3) is 0 Å². The fourth-order valence-corrected chi connectivity index (χ4v) is 3.44. The molecular weight excluding hydrogens is 314 g/mol. The van der Waals surface area contributed by atoms with Gasteiger partial charge in [-0.15, -0.1) is 12.4 Å². The molecule has 0 aliphatic carbocycles. The first-order chi connectivity index (χ1) is 9.53. The molecule has 1 amide bonds. The Morgan fingerprint density at radius 1 is 1.29 bits per heavy atom. The van der Waals surface area contributed by atoms with Gasteiger partial charge in [0, 0.05) is 25.2 Å². The Morgan fingerprint density at radius 3 is 2.48 bits per heavy atom. The SMILES string of the molecule is CNC(=O)c1ccc(S(=O)(=O)N[C@@H]2CCCNC2)cc1.Cl. The molecule has 1 aromatic carbocycles. The molecule has 0 aromatic heterocycles. The molecule has 1 atom stereocenters. The molecule has 0 radical (unpaired) electrons. The first-order valence-corrected chi connectivity index (χ1v) is 8.06. The molecule has 3 N–H and O–H groups in total. The second-order valence-corrected chi connectivity index (χ2v) is 6.48. The summed E-state index contributed by atoms with van der Waals surface area (Å²) < 4.78 is 27.1. The number of hydrogen-bond acceptors (Lipinski definition) is 4. The highest BCUT2D eigenvalue weighted by atomic mass is 35.5. The predicted octanol–water partition coefficient (Wildman–Crippen LogP) is 0.498. The van der Waals surface area contributed by atoms with Gasteiger partial charge in [0.2, 0.25) is 10.0 Å². The summed E-state index contributed by atoms with van der Waals surface area (Å²) in [6, 6.07) is 5.83. The Kier molecular flexibility index (Phi) is 6.60. The smallest absolute Gasteiger partial charge is 0.251 e. The Bertz CT molecular complexity index is 569. The lowest BCUT2D eigenvalue weighted by atomic mass is 10.1. The summed E-state index contributed by atoms with van der Waals surface area (Å²) in [4.78, 5) is 11.6. The Morgan fingerprint density at radius 2 is 1.95 bits per heavy atom. The van der Waals surface area contributed by atoms with Gasteiger partial charge in [-0.1, -0.05) is 0 Å². The molecule has 0 spiro atoms. The molecule has 1 fully saturated rings. The molecule has 1 heterocycles. The van der Waals surface area contributed by atoms with Crippen LogP contribution in [-0.4, -0.2) is 40.5 Å². The van der Waals surface area contributed by atoms with Gasteiger partial charge in [0.25, 0.3) is 5.91 Å². The van der Waals surface area contributed by atoms with Gasteiger partial charge in [-0.05, 0) is 43.7 Å². The summed E-state index contributed by atoms with van der Waals surface area (Å²) in [6.45, 7) is 1.58. The van der Waals surface area contributed by atoms with E-state index in [9.17, 15) is 13.2 Å². The molecular formula is C13H20ClN3O3S. The van der Waals surface area contributed by atoms with E-state index in [1.165, 1.54) is 31.3 Å². The molecule has 21 heavy (non-hydrogen) atoms. The summed E-state index contributed by atoms with van der Waals surface area (Å²) in [5, 5.41) is 5.65. The van der Waals surface area contributed by atoms with E-state index >= 15 is 0 Å². The van der Waals surface area contributed by atoms with Gasteiger partial charge in [0.05, 0.1) is 4.90 Å².